The highest BCUT2D eigenvalue weighted by Gasteiger charge is 2.53. The second kappa shape index (κ2) is 1.97. The van der Waals surface area contributed by atoms with Gasteiger partial charge in [-0.2, -0.15) is 0 Å². The Morgan fingerprint density at radius 3 is 2.45 bits per heavy atom. The minimum Gasteiger partial charge on any atom is -0.340 e. The Morgan fingerprint density at radius 1 is 1.55 bits per heavy atom. The molecule has 0 unspecified atom stereocenters. The maximum absolute atomic E-state index is 11.2. The molecular weight excluding hydrogens is 140 g/mol. The number of likely N-dealkylation sites (tertiary alicyclic amines) is 1. The highest BCUT2D eigenvalue weighted by Crippen LogP contribution is 2.52. The van der Waals surface area contributed by atoms with Crippen molar-refractivity contribution < 1.29 is 4.79 Å². The summed E-state index contributed by atoms with van der Waals surface area (Å²) in [5.74, 6) is 0.113. The van der Waals surface area contributed by atoms with Gasteiger partial charge in [0, 0.05) is 18.5 Å². The molecule has 2 fully saturated rings. The maximum Gasteiger partial charge on any atom is 0.239 e. The first-order chi connectivity index (χ1) is 5.13. The quantitative estimate of drug-likeness (QED) is 0.576. The average Bonchev–Trinajstić information content (AvgIpc) is 2.60. The van der Waals surface area contributed by atoms with E-state index in [2.05, 4.69) is 0 Å². The van der Waals surface area contributed by atoms with Gasteiger partial charge < -0.3 is 10.6 Å². The molecule has 1 aliphatic heterocycles. The van der Waals surface area contributed by atoms with Crippen molar-refractivity contribution in [2.45, 2.75) is 25.8 Å². The van der Waals surface area contributed by atoms with Crippen LogP contribution in [0, 0.1) is 5.41 Å². The summed E-state index contributed by atoms with van der Waals surface area (Å²) in [7, 11) is 0. The van der Waals surface area contributed by atoms with E-state index >= 15 is 0 Å². The van der Waals surface area contributed by atoms with E-state index in [1.165, 1.54) is 12.8 Å². The predicted octanol–water partition coefficient (Wildman–Crippen LogP) is -0.0440. The van der Waals surface area contributed by atoms with E-state index in [0.29, 0.717) is 5.41 Å². The van der Waals surface area contributed by atoms with Crippen molar-refractivity contribution in [3.63, 3.8) is 0 Å². The molecule has 2 rings (SSSR count). The fraction of sp³-hybridized carbons (Fsp3) is 0.875. The molecule has 2 aliphatic rings. The lowest BCUT2D eigenvalue weighted by Gasteiger charge is -2.40. The highest BCUT2D eigenvalue weighted by molar-refractivity contribution is 5.82. The third-order valence-electron chi connectivity index (χ3n) is 2.71. The first-order valence-electron chi connectivity index (χ1n) is 4.17. The molecule has 3 nitrogen and oxygen atoms in total. The minimum absolute atomic E-state index is 0.113. The molecule has 0 radical (unpaired) electrons. The fourth-order valence-corrected chi connectivity index (χ4v) is 1.70. The lowest BCUT2D eigenvalue weighted by Crippen LogP contribution is -2.55. The monoisotopic (exact) mass is 154 g/mol. The van der Waals surface area contributed by atoms with Gasteiger partial charge in [-0.15, -0.1) is 0 Å². The van der Waals surface area contributed by atoms with Gasteiger partial charge in [-0.1, -0.05) is 0 Å². The van der Waals surface area contributed by atoms with Crippen LogP contribution in [0.4, 0.5) is 0 Å². The maximum atomic E-state index is 11.2. The van der Waals surface area contributed by atoms with Gasteiger partial charge in [0.15, 0.2) is 0 Å². The summed E-state index contributed by atoms with van der Waals surface area (Å²) in [4.78, 5) is 13.1. The van der Waals surface area contributed by atoms with Crippen LogP contribution in [0.5, 0.6) is 0 Å². The number of rotatable bonds is 1. The van der Waals surface area contributed by atoms with Crippen LogP contribution in [0.2, 0.25) is 0 Å². The van der Waals surface area contributed by atoms with Crippen LogP contribution in [0.15, 0.2) is 0 Å². The largest absolute Gasteiger partial charge is 0.340 e. The number of nitrogens with zero attached hydrogens (tertiary/aromatic N) is 1. The van der Waals surface area contributed by atoms with E-state index in [4.69, 9.17) is 5.73 Å². The van der Waals surface area contributed by atoms with E-state index in [1.807, 2.05) is 4.90 Å². The van der Waals surface area contributed by atoms with Crippen molar-refractivity contribution in [1.29, 1.82) is 0 Å². The van der Waals surface area contributed by atoms with Gasteiger partial charge in [0.2, 0.25) is 5.91 Å². The zero-order valence-electron chi connectivity index (χ0n) is 6.84. The molecule has 0 bridgehead atoms. The molecule has 2 N–H and O–H groups in total. The molecule has 1 atom stereocenters. The first kappa shape index (κ1) is 7.10. The van der Waals surface area contributed by atoms with Gasteiger partial charge in [-0.3, -0.25) is 4.79 Å². The lowest BCUT2D eigenvalue weighted by atomic mass is 9.96. The van der Waals surface area contributed by atoms with Crippen LogP contribution in [-0.4, -0.2) is 29.9 Å². The summed E-state index contributed by atoms with van der Waals surface area (Å²) in [6.45, 7) is 3.68. The molecule has 62 valence electrons. The lowest BCUT2D eigenvalue weighted by molar-refractivity contribution is -0.139. The summed E-state index contributed by atoms with van der Waals surface area (Å²) >= 11 is 0. The molecule has 1 heterocycles. The van der Waals surface area contributed by atoms with Gasteiger partial charge in [0.25, 0.3) is 0 Å². The average molecular weight is 154 g/mol. The van der Waals surface area contributed by atoms with Gasteiger partial charge in [0.1, 0.15) is 0 Å². The number of carbonyl (C=O) groups excluding carboxylic acids is 1. The second-order valence-corrected chi connectivity index (χ2v) is 3.98. The van der Waals surface area contributed by atoms with Crippen LogP contribution >= 0.6 is 0 Å². The van der Waals surface area contributed by atoms with Crippen molar-refractivity contribution in [2.24, 2.45) is 11.1 Å². The van der Waals surface area contributed by atoms with Crippen LogP contribution in [0.1, 0.15) is 19.8 Å². The molecule has 3 heteroatoms. The summed E-state index contributed by atoms with van der Waals surface area (Å²) < 4.78 is 0. The first-order valence-corrected chi connectivity index (χ1v) is 4.17. The fourth-order valence-electron chi connectivity index (χ4n) is 1.70. The summed E-state index contributed by atoms with van der Waals surface area (Å²) in [6.07, 6.45) is 2.63. The van der Waals surface area contributed by atoms with E-state index in [9.17, 15) is 4.79 Å². The van der Waals surface area contributed by atoms with E-state index < -0.39 is 0 Å². The van der Waals surface area contributed by atoms with Gasteiger partial charge in [0.05, 0.1) is 6.04 Å². The number of carbonyl (C=O) groups is 1. The molecule has 1 saturated heterocycles. The number of nitrogens with two attached hydrogens (primary N) is 1. The van der Waals surface area contributed by atoms with E-state index in [0.717, 1.165) is 13.1 Å². The van der Waals surface area contributed by atoms with Crippen molar-refractivity contribution in [2.75, 3.05) is 13.1 Å². The molecule has 1 saturated carbocycles. The Kier molecular flexibility index (Phi) is 1.27. The highest BCUT2D eigenvalue weighted by atomic mass is 16.2. The van der Waals surface area contributed by atoms with Crippen molar-refractivity contribution in [1.82, 2.24) is 4.90 Å². The van der Waals surface area contributed by atoms with Gasteiger partial charge in [-0.05, 0) is 19.8 Å². The summed E-state index contributed by atoms with van der Waals surface area (Å²) in [5.41, 5.74) is 6.02. The van der Waals surface area contributed by atoms with Crippen molar-refractivity contribution in [3.8, 4) is 0 Å². The molecular formula is C8H14N2O. The Morgan fingerprint density at radius 2 is 2.09 bits per heavy atom. The minimum atomic E-state index is -0.314. The zero-order valence-corrected chi connectivity index (χ0v) is 6.84. The third kappa shape index (κ3) is 1.03. The number of hydrogen-bond acceptors (Lipinski definition) is 2. The third-order valence-corrected chi connectivity index (χ3v) is 2.71. The molecule has 0 aromatic rings. The van der Waals surface area contributed by atoms with Gasteiger partial charge in [-0.25, -0.2) is 0 Å². The molecule has 0 aromatic heterocycles. The second-order valence-electron chi connectivity index (χ2n) is 3.98. The summed E-state index contributed by atoms with van der Waals surface area (Å²) in [6, 6.07) is -0.314. The Balaban J connectivity index is 1.85. The summed E-state index contributed by atoms with van der Waals surface area (Å²) in [5, 5.41) is 0. The number of hydrogen-bond donors (Lipinski definition) is 1. The Hall–Kier alpha value is -0.570. The topological polar surface area (TPSA) is 46.3 Å². The molecule has 0 aromatic carbocycles. The zero-order chi connectivity index (χ0) is 8.06. The van der Waals surface area contributed by atoms with Crippen molar-refractivity contribution >= 4 is 5.91 Å². The number of amides is 1. The molecule has 1 spiro atoms. The van der Waals surface area contributed by atoms with Crippen molar-refractivity contribution in [3.05, 3.63) is 0 Å². The van der Waals surface area contributed by atoms with Crippen LogP contribution in [-0.2, 0) is 4.79 Å². The predicted molar refractivity (Wildman–Crippen MR) is 41.9 cm³/mol. The molecule has 1 aliphatic carbocycles. The Bertz CT molecular complexity index is 188. The van der Waals surface area contributed by atoms with Gasteiger partial charge >= 0.3 is 0 Å². The Labute approximate surface area is 66.5 Å². The smallest absolute Gasteiger partial charge is 0.239 e. The van der Waals surface area contributed by atoms with Crippen LogP contribution in [0.3, 0.4) is 0 Å². The standard InChI is InChI=1S/C8H14N2O/c1-6(9)7(11)10-4-8(5-10)2-3-8/h6H,2-5,9H2,1H3/t6-/m1/s1. The SMILES string of the molecule is C[C@@H](N)C(=O)N1CC2(CC2)C1. The van der Waals surface area contributed by atoms with E-state index in [1.54, 1.807) is 6.92 Å². The van der Waals surface area contributed by atoms with Crippen LogP contribution < -0.4 is 5.73 Å². The molecule has 11 heavy (non-hydrogen) atoms. The van der Waals surface area contributed by atoms with E-state index in [-0.39, 0.29) is 11.9 Å². The normalized spacial score (nSPS) is 28.0. The van der Waals surface area contributed by atoms with Crippen LogP contribution in [0.25, 0.3) is 0 Å². The molecule has 1 amide bonds.